The molecule has 0 amide bonds. The lowest BCUT2D eigenvalue weighted by Gasteiger charge is -2.13. The molecule has 0 aliphatic rings. The van der Waals surface area contributed by atoms with E-state index in [4.69, 9.17) is 9.72 Å². The third kappa shape index (κ3) is 4.79. The Kier molecular flexibility index (Phi) is 6.66. The molecule has 0 aliphatic heterocycles. The minimum atomic E-state index is -0.332. The predicted octanol–water partition coefficient (Wildman–Crippen LogP) is 5.43. The number of benzene rings is 3. The fraction of sp³-hybridized carbons (Fsp3) is 0.179. The smallest absolute Gasteiger partial charge is 0.338 e. The van der Waals surface area contributed by atoms with E-state index in [1.165, 1.54) is 0 Å². The monoisotopic (exact) mass is 478 g/mol. The van der Waals surface area contributed by atoms with Crippen molar-refractivity contribution in [1.29, 1.82) is 0 Å². The Morgan fingerprint density at radius 3 is 2.50 bits per heavy atom. The first kappa shape index (κ1) is 23.2. The van der Waals surface area contributed by atoms with E-state index in [0.717, 1.165) is 51.0 Å². The maximum atomic E-state index is 12.3. The van der Waals surface area contributed by atoms with Crippen LogP contribution in [-0.4, -0.2) is 38.2 Å². The summed E-state index contributed by atoms with van der Waals surface area (Å²) in [5.41, 5.74) is 7.45. The van der Waals surface area contributed by atoms with Gasteiger partial charge in [-0.05, 0) is 59.5 Å². The molecular weight excluding hydrogens is 452 g/mol. The molecule has 0 atom stereocenters. The molecule has 8 heteroatoms. The van der Waals surface area contributed by atoms with Crippen LogP contribution >= 0.6 is 0 Å². The number of nitrogens with one attached hydrogen (secondary N) is 2. The van der Waals surface area contributed by atoms with Crippen molar-refractivity contribution in [2.45, 2.75) is 26.8 Å². The summed E-state index contributed by atoms with van der Waals surface area (Å²) in [6.07, 6.45) is 0.818. The number of carbonyl (C=O) groups excluding carboxylic acids is 1. The van der Waals surface area contributed by atoms with Crippen molar-refractivity contribution in [1.82, 2.24) is 25.6 Å². The van der Waals surface area contributed by atoms with Gasteiger partial charge >= 0.3 is 5.97 Å². The van der Waals surface area contributed by atoms with Crippen LogP contribution in [-0.2, 0) is 17.7 Å². The van der Waals surface area contributed by atoms with E-state index in [0.29, 0.717) is 24.5 Å². The number of tetrazole rings is 1. The van der Waals surface area contributed by atoms with Crippen LogP contribution in [0.4, 0.5) is 5.69 Å². The summed E-state index contributed by atoms with van der Waals surface area (Å²) < 4.78 is 5.18. The molecule has 36 heavy (non-hydrogen) atoms. The number of hydrogen-bond acceptors (Lipinski definition) is 7. The Labute approximate surface area is 208 Å². The van der Waals surface area contributed by atoms with Crippen molar-refractivity contribution < 1.29 is 9.53 Å². The number of ether oxygens (including phenoxy) is 1. The van der Waals surface area contributed by atoms with Crippen molar-refractivity contribution in [2.75, 3.05) is 11.9 Å². The van der Waals surface area contributed by atoms with Crippen molar-refractivity contribution >= 4 is 22.6 Å². The van der Waals surface area contributed by atoms with E-state index in [1.54, 1.807) is 13.0 Å². The highest BCUT2D eigenvalue weighted by Gasteiger charge is 2.13. The van der Waals surface area contributed by atoms with Crippen LogP contribution in [0.25, 0.3) is 33.4 Å². The molecule has 2 N–H and O–H groups in total. The number of anilines is 1. The highest BCUT2D eigenvalue weighted by atomic mass is 16.5. The first-order valence-electron chi connectivity index (χ1n) is 11.9. The maximum absolute atomic E-state index is 12.3. The Balaban J connectivity index is 1.40. The van der Waals surface area contributed by atoms with Gasteiger partial charge in [-0.25, -0.2) is 4.79 Å². The minimum absolute atomic E-state index is 0.332. The molecule has 8 nitrogen and oxygen atoms in total. The molecule has 0 saturated heterocycles. The lowest BCUT2D eigenvalue weighted by molar-refractivity contribution is 0.0526. The number of rotatable bonds is 8. The third-order valence-electron chi connectivity index (χ3n) is 6.00. The number of H-pyrrole nitrogens is 1. The summed E-state index contributed by atoms with van der Waals surface area (Å²) in [6.45, 7) is 4.84. The number of aromatic nitrogens is 5. The highest BCUT2D eigenvalue weighted by molar-refractivity contribution is 5.99. The van der Waals surface area contributed by atoms with Crippen LogP contribution < -0.4 is 5.32 Å². The molecule has 0 aliphatic carbocycles. The second-order valence-electron chi connectivity index (χ2n) is 8.30. The first-order valence-corrected chi connectivity index (χ1v) is 11.9. The van der Waals surface area contributed by atoms with Gasteiger partial charge in [-0.15, -0.1) is 10.2 Å². The predicted molar refractivity (Wildman–Crippen MR) is 139 cm³/mol. The summed E-state index contributed by atoms with van der Waals surface area (Å²) in [4.78, 5) is 17.0. The highest BCUT2D eigenvalue weighted by Crippen LogP contribution is 2.30. The van der Waals surface area contributed by atoms with Crippen LogP contribution in [0.2, 0.25) is 0 Å². The van der Waals surface area contributed by atoms with E-state index in [1.807, 2.05) is 36.4 Å². The first-order chi connectivity index (χ1) is 17.7. The summed E-state index contributed by atoms with van der Waals surface area (Å²) in [6, 6.07) is 23.9. The number of fused-ring (bicyclic) bond motifs is 1. The number of aromatic amines is 1. The van der Waals surface area contributed by atoms with Crippen molar-refractivity contribution in [3.8, 4) is 22.5 Å². The van der Waals surface area contributed by atoms with Gasteiger partial charge < -0.3 is 10.1 Å². The molecule has 0 bridgehead atoms. The van der Waals surface area contributed by atoms with Crippen LogP contribution in [0.3, 0.4) is 0 Å². The van der Waals surface area contributed by atoms with Gasteiger partial charge in [-0.1, -0.05) is 55.5 Å². The summed E-state index contributed by atoms with van der Waals surface area (Å²) in [5.74, 6) is 0.233. The van der Waals surface area contributed by atoms with Crippen LogP contribution in [0.1, 0.15) is 35.5 Å². The van der Waals surface area contributed by atoms with E-state index >= 15 is 0 Å². The molecule has 2 heterocycles. The fourth-order valence-electron chi connectivity index (χ4n) is 4.15. The topological polar surface area (TPSA) is 106 Å². The normalized spacial score (nSPS) is 10.9. The molecule has 5 aromatic rings. The van der Waals surface area contributed by atoms with Gasteiger partial charge in [0, 0.05) is 28.9 Å². The number of hydrogen-bond donors (Lipinski definition) is 2. The molecule has 0 radical (unpaired) electrons. The SMILES string of the molecule is CCOC(=O)c1ccc2nc(CC)cc(NCc3ccc(-c4ccccc4-c4nn[nH]n4)cc3)c2c1. The van der Waals surface area contributed by atoms with Gasteiger partial charge in [0.2, 0.25) is 5.82 Å². The summed E-state index contributed by atoms with van der Waals surface area (Å²) in [7, 11) is 0. The Bertz CT molecular complexity index is 1500. The molecular formula is C28H26N6O2. The quantitative estimate of drug-likeness (QED) is 0.286. The molecule has 0 saturated carbocycles. The Morgan fingerprint density at radius 2 is 1.78 bits per heavy atom. The van der Waals surface area contributed by atoms with Gasteiger partial charge in [0.15, 0.2) is 0 Å². The number of carbonyl (C=O) groups is 1. The lowest BCUT2D eigenvalue weighted by Crippen LogP contribution is -2.06. The number of pyridine rings is 1. The van der Waals surface area contributed by atoms with Gasteiger partial charge in [0.1, 0.15) is 0 Å². The number of aryl methyl sites for hydroxylation is 1. The largest absolute Gasteiger partial charge is 0.462 e. The number of esters is 1. The van der Waals surface area contributed by atoms with E-state index in [9.17, 15) is 4.79 Å². The van der Waals surface area contributed by atoms with Crippen LogP contribution in [0.5, 0.6) is 0 Å². The van der Waals surface area contributed by atoms with Gasteiger partial charge in [0.25, 0.3) is 0 Å². The van der Waals surface area contributed by atoms with Crippen LogP contribution in [0, 0.1) is 0 Å². The molecule has 2 aromatic heterocycles. The molecule has 5 rings (SSSR count). The second-order valence-corrected chi connectivity index (χ2v) is 8.30. The maximum Gasteiger partial charge on any atom is 0.338 e. The minimum Gasteiger partial charge on any atom is -0.462 e. The second kappa shape index (κ2) is 10.4. The average molecular weight is 479 g/mol. The van der Waals surface area contributed by atoms with Crippen molar-refractivity contribution in [2.24, 2.45) is 0 Å². The molecule has 0 spiro atoms. The van der Waals surface area contributed by atoms with Gasteiger partial charge in [-0.3, -0.25) is 4.98 Å². The molecule has 0 unspecified atom stereocenters. The summed E-state index contributed by atoms with van der Waals surface area (Å²) >= 11 is 0. The zero-order valence-electron chi connectivity index (χ0n) is 20.2. The van der Waals surface area contributed by atoms with Gasteiger partial charge in [-0.2, -0.15) is 5.21 Å². The molecule has 3 aromatic carbocycles. The molecule has 180 valence electrons. The zero-order valence-corrected chi connectivity index (χ0v) is 20.2. The summed E-state index contributed by atoms with van der Waals surface area (Å²) in [5, 5.41) is 18.9. The van der Waals surface area contributed by atoms with E-state index in [-0.39, 0.29) is 5.97 Å². The fourth-order valence-corrected chi connectivity index (χ4v) is 4.15. The standard InChI is InChI=1S/C28H26N6O2/c1-3-21-16-26(24-15-20(28(35)36-4-2)13-14-25(24)30-21)29-17-18-9-11-19(12-10-18)22-7-5-6-8-23(22)27-31-33-34-32-27/h5-16H,3-4,17H2,1-2H3,(H,29,30)(H,31,32,33,34). The average Bonchev–Trinajstić information content (AvgIpc) is 3.47. The van der Waals surface area contributed by atoms with Gasteiger partial charge in [0.05, 0.1) is 17.7 Å². The van der Waals surface area contributed by atoms with E-state index in [2.05, 4.69) is 63.2 Å². The lowest BCUT2D eigenvalue weighted by atomic mass is 9.98. The van der Waals surface area contributed by atoms with Crippen molar-refractivity contribution in [3.05, 3.63) is 89.6 Å². The Morgan fingerprint density at radius 1 is 0.972 bits per heavy atom. The van der Waals surface area contributed by atoms with Crippen molar-refractivity contribution in [3.63, 3.8) is 0 Å². The third-order valence-corrected chi connectivity index (χ3v) is 6.00. The van der Waals surface area contributed by atoms with Crippen LogP contribution in [0.15, 0.2) is 72.8 Å². The molecule has 0 fully saturated rings. The van der Waals surface area contributed by atoms with E-state index < -0.39 is 0 Å². The Hall–Kier alpha value is -4.59. The number of nitrogens with zero attached hydrogens (tertiary/aromatic N) is 4. The zero-order chi connectivity index (χ0) is 24.9.